The van der Waals surface area contributed by atoms with E-state index in [0.717, 1.165) is 55.3 Å². The second-order valence-corrected chi connectivity index (χ2v) is 8.87. The van der Waals surface area contributed by atoms with Crippen LogP contribution < -0.4 is 5.32 Å². The minimum absolute atomic E-state index is 0.197. The van der Waals surface area contributed by atoms with E-state index in [4.69, 9.17) is 9.83 Å². The van der Waals surface area contributed by atoms with Gasteiger partial charge in [0.05, 0.1) is 0 Å². The molecule has 0 spiro atoms. The lowest BCUT2D eigenvalue weighted by molar-refractivity contribution is 0.669. The molecule has 6 aromatic rings. The second-order valence-electron chi connectivity index (χ2n) is 8.87. The highest BCUT2D eigenvalue weighted by atomic mass is 16.3. The Morgan fingerprint density at radius 2 is 1.32 bits per heavy atom. The van der Waals surface area contributed by atoms with E-state index < -0.39 is 0 Å². The summed E-state index contributed by atoms with van der Waals surface area (Å²) in [5.74, 6) is 0.854. The molecule has 178 valence electrons. The molecular weight excluding hydrogens is 454 g/mol. The normalized spacial score (nSPS) is 11.6. The number of rotatable bonds is 4. The third-order valence-corrected chi connectivity index (χ3v) is 6.54. The molecule has 37 heavy (non-hydrogen) atoms. The average molecular weight is 480 g/mol. The Hall–Kier alpha value is -4.96. The zero-order valence-electron chi connectivity index (χ0n) is 20.4. The summed E-state index contributed by atoms with van der Waals surface area (Å²) < 4.78 is 6.30. The van der Waals surface area contributed by atoms with E-state index in [2.05, 4.69) is 46.7 Å². The number of nitrogens with one attached hydrogen (secondary N) is 2. The maximum absolute atomic E-state index is 8.77. The summed E-state index contributed by atoms with van der Waals surface area (Å²) in [6.07, 6.45) is 0. The molecule has 0 saturated carbocycles. The lowest BCUT2D eigenvalue weighted by atomic mass is 9.93. The van der Waals surface area contributed by atoms with Gasteiger partial charge >= 0.3 is 0 Å². The molecule has 6 rings (SSSR count). The van der Waals surface area contributed by atoms with Gasteiger partial charge in [0.2, 0.25) is 0 Å². The zero-order chi connectivity index (χ0) is 25.2. The molecule has 5 aromatic carbocycles. The summed E-state index contributed by atoms with van der Waals surface area (Å²) in [6.45, 7) is 0. The van der Waals surface area contributed by atoms with Crippen LogP contribution in [0.4, 0.5) is 0 Å². The van der Waals surface area contributed by atoms with Crippen LogP contribution in [-0.4, -0.2) is 18.7 Å². The van der Waals surface area contributed by atoms with E-state index in [0.29, 0.717) is 5.84 Å². The predicted molar refractivity (Wildman–Crippen MR) is 153 cm³/mol. The van der Waals surface area contributed by atoms with Gasteiger partial charge < -0.3 is 9.73 Å². The summed E-state index contributed by atoms with van der Waals surface area (Å²) in [7, 11) is 1.82. The number of aliphatic imine (C=N–C) groups is 1. The van der Waals surface area contributed by atoms with Gasteiger partial charge in [0.1, 0.15) is 17.0 Å². The number of amidine groups is 2. The van der Waals surface area contributed by atoms with Crippen LogP contribution in [0.15, 0.2) is 131 Å². The summed E-state index contributed by atoms with van der Waals surface area (Å²) in [6, 6.07) is 40.7. The first-order chi connectivity index (χ1) is 18.2. The van der Waals surface area contributed by atoms with Gasteiger partial charge in [0.25, 0.3) is 0 Å². The molecule has 1 heterocycles. The van der Waals surface area contributed by atoms with Crippen LogP contribution >= 0.6 is 0 Å². The number of fused-ring (bicyclic) bond motifs is 3. The first-order valence-electron chi connectivity index (χ1n) is 12.2. The van der Waals surface area contributed by atoms with Crippen molar-refractivity contribution in [2.24, 2.45) is 4.99 Å². The largest absolute Gasteiger partial charge is 0.456 e. The van der Waals surface area contributed by atoms with Crippen molar-refractivity contribution in [3.05, 3.63) is 132 Å². The highest BCUT2D eigenvalue weighted by Gasteiger charge is 2.16. The Kier molecular flexibility index (Phi) is 5.83. The number of benzene rings is 5. The molecule has 0 unspecified atom stereocenters. The van der Waals surface area contributed by atoms with E-state index >= 15 is 0 Å². The Bertz CT molecular complexity index is 1770. The van der Waals surface area contributed by atoms with Gasteiger partial charge in [-0.1, -0.05) is 97.1 Å². The molecule has 1 aromatic heterocycles. The van der Waals surface area contributed by atoms with Crippen LogP contribution in [0.2, 0.25) is 0 Å². The minimum Gasteiger partial charge on any atom is -0.456 e. The van der Waals surface area contributed by atoms with Gasteiger partial charge in [-0.05, 0) is 46.5 Å². The average Bonchev–Trinajstić information content (AvgIpc) is 3.35. The Labute approximate surface area is 215 Å². The predicted octanol–water partition coefficient (Wildman–Crippen LogP) is 7.91. The fourth-order valence-corrected chi connectivity index (χ4v) is 4.75. The van der Waals surface area contributed by atoms with Crippen LogP contribution in [-0.2, 0) is 0 Å². The first kappa shape index (κ1) is 22.5. The third kappa shape index (κ3) is 4.30. The summed E-state index contributed by atoms with van der Waals surface area (Å²) in [5.41, 5.74) is 7.68. The Morgan fingerprint density at radius 1 is 0.649 bits per heavy atom. The van der Waals surface area contributed by atoms with Crippen molar-refractivity contribution in [3.63, 3.8) is 0 Å². The molecule has 0 fully saturated rings. The minimum atomic E-state index is 0.197. The van der Waals surface area contributed by atoms with Crippen molar-refractivity contribution in [2.45, 2.75) is 0 Å². The fraction of sp³-hybridized carbons (Fsp3) is 0.0303. The molecule has 0 saturated heterocycles. The molecule has 0 atom stereocenters. The monoisotopic (exact) mass is 479 g/mol. The number of para-hydroxylation sites is 1. The number of hydrogen-bond donors (Lipinski definition) is 2. The van der Waals surface area contributed by atoms with Gasteiger partial charge in [0, 0.05) is 28.9 Å². The molecule has 0 aliphatic heterocycles. The number of furan rings is 1. The highest BCUT2D eigenvalue weighted by molar-refractivity contribution is 6.15. The second kappa shape index (κ2) is 9.59. The van der Waals surface area contributed by atoms with Gasteiger partial charge in [-0.3, -0.25) is 5.41 Å². The molecule has 0 amide bonds. The van der Waals surface area contributed by atoms with Crippen molar-refractivity contribution in [1.82, 2.24) is 5.32 Å². The standard InChI is InChI=1S/C33H25N3O/c1-35-33(23-13-6-3-7-14-23)36-32(34)25-16-10-15-24(19-25)28-20-26(22-11-4-2-5-12-22)21-30-31(28)27-17-8-9-18-29(27)37-30/h2-21H,1H3,(H2,34,35,36). The quantitative estimate of drug-likeness (QED) is 0.199. The van der Waals surface area contributed by atoms with Crippen LogP contribution in [0.3, 0.4) is 0 Å². The molecule has 4 heteroatoms. The van der Waals surface area contributed by atoms with E-state index in [-0.39, 0.29) is 5.84 Å². The van der Waals surface area contributed by atoms with Crippen LogP contribution in [0.25, 0.3) is 44.2 Å². The van der Waals surface area contributed by atoms with E-state index in [9.17, 15) is 0 Å². The molecular formula is C33H25N3O. The first-order valence-corrected chi connectivity index (χ1v) is 12.2. The molecule has 0 radical (unpaired) electrons. The number of nitrogens with zero attached hydrogens (tertiary/aromatic N) is 1. The van der Waals surface area contributed by atoms with Gasteiger partial charge in [-0.25, -0.2) is 4.99 Å². The lowest BCUT2D eigenvalue weighted by Gasteiger charge is -2.11. The Morgan fingerprint density at radius 3 is 2.11 bits per heavy atom. The maximum Gasteiger partial charge on any atom is 0.154 e. The van der Waals surface area contributed by atoms with Crippen molar-refractivity contribution in [3.8, 4) is 22.3 Å². The topological polar surface area (TPSA) is 61.4 Å². The molecule has 0 aliphatic carbocycles. The van der Waals surface area contributed by atoms with Gasteiger partial charge in [-0.2, -0.15) is 0 Å². The van der Waals surface area contributed by atoms with E-state index in [1.807, 2.05) is 92.0 Å². The summed E-state index contributed by atoms with van der Waals surface area (Å²) >= 11 is 0. The molecule has 4 nitrogen and oxygen atoms in total. The smallest absolute Gasteiger partial charge is 0.154 e. The zero-order valence-corrected chi connectivity index (χ0v) is 20.4. The van der Waals surface area contributed by atoms with Crippen LogP contribution in [0.5, 0.6) is 0 Å². The summed E-state index contributed by atoms with van der Waals surface area (Å²) in [5, 5.41) is 14.0. The fourth-order valence-electron chi connectivity index (χ4n) is 4.75. The SMILES string of the molecule is CN/C(=N\C(=N)c1cccc(-c2cc(-c3ccccc3)cc3oc4ccccc4c23)c1)c1ccccc1. The van der Waals surface area contributed by atoms with Crippen LogP contribution in [0, 0.1) is 5.41 Å². The van der Waals surface area contributed by atoms with Crippen molar-refractivity contribution in [2.75, 3.05) is 7.05 Å². The molecule has 0 aliphatic rings. The van der Waals surface area contributed by atoms with Crippen molar-refractivity contribution in [1.29, 1.82) is 5.41 Å². The molecule has 0 bridgehead atoms. The Balaban J connectivity index is 1.51. The van der Waals surface area contributed by atoms with Crippen molar-refractivity contribution >= 4 is 33.6 Å². The van der Waals surface area contributed by atoms with E-state index in [1.54, 1.807) is 0 Å². The maximum atomic E-state index is 8.77. The lowest BCUT2D eigenvalue weighted by Crippen LogP contribution is -2.21. The molecule has 2 N–H and O–H groups in total. The van der Waals surface area contributed by atoms with E-state index in [1.165, 1.54) is 0 Å². The third-order valence-electron chi connectivity index (χ3n) is 6.54. The highest BCUT2D eigenvalue weighted by Crippen LogP contribution is 2.40. The van der Waals surface area contributed by atoms with Gasteiger partial charge in [0.15, 0.2) is 5.84 Å². The van der Waals surface area contributed by atoms with Crippen LogP contribution in [0.1, 0.15) is 11.1 Å². The van der Waals surface area contributed by atoms with Gasteiger partial charge in [-0.15, -0.1) is 0 Å². The van der Waals surface area contributed by atoms with Crippen molar-refractivity contribution < 1.29 is 4.42 Å². The summed E-state index contributed by atoms with van der Waals surface area (Å²) in [4.78, 5) is 4.61. The number of hydrogen-bond acceptors (Lipinski definition) is 2.